The number of rotatable bonds is 3. The number of hydrogen-bond donors (Lipinski definition) is 1. The summed E-state index contributed by atoms with van der Waals surface area (Å²) in [6.45, 7) is 1.06. The first kappa shape index (κ1) is 14.9. The molecule has 0 bridgehead atoms. The summed E-state index contributed by atoms with van der Waals surface area (Å²) in [5.41, 5.74) is 4.28. The Balaban J connectivity index is 1.57. The van der Waals surface area contributed by atoms with Crippen molar-refractivity contribution < 1.29 is 4.74 Å². The zero-order valence-corrected chi connectivity index (χ0v) is 13.7. The molecule has 1 fully saturated rings. The Kier molecular flexibility index (Phi) is 3.92. The smallest absolute Gasteiger partial charge is 0.0884 e. The van der Waals surface area contributed by atoms with Crippen LogP contribution in [-0.2, 0) is 17.6 Å². The van der Waals surface area contributed by atoms with Gasteiger partial charge in [0, 0.05) is 36.9 Å². The van der Waals surface area contributed by atoms with Gasteiger partial charge < -0.3 is 10.1 Å². The van der Waals surface area contributed by atoms with E-state index in [0.29, 0.717) is 6.04 Å². The molecule has 2 heterocycles. The lowest BCUT2D eigenvalue weighted by Gasteiger charge is -2.42. The summed E-state index contributed by atoms with van der Waals surface area (Å²) in [5.74, 6) is 0. The number of benzene rings is 1. The van der Waals surface area contributed by atoms with Crippen LogP contribution >= 0.6 is 0 Å². The third-order valence-electron chi connectivity index (χ3n) is 5.56. The van der Waals surface area contributed by atoms with Gasteiger partial charge in [-0.05, 0) is 49.1 Å². The maximum absolute atomic E-state index is 5.99. The van der Waals surface area contributed by atoms with Gasteiger partial charge in [0.2, 0.25) is 0 Å². The van der Waals surface area contributed by atoms with Crippen molar-refractivity contribution in [1.29, 1.82) is 0 Å². The molecule has 1 N–H and O–H groups in total. The van der Waals surface area contributed by atoms with Gasteiger partial charge in [-0.3, -0.25) is 4.98 Å². The van der Waals surface area contributed by atoms with Crippen molar-refractivity contribution in [2.24, 2.45) is 5.41 Å². The van der Waals surface area contributed by atoms with Gasteiger partial charge in [0.1, 0.15) is 0 Å². The number of nitrogens with zero attached hydrogens (tertiary/aromatic N) is 1. The highest BCUT2D eigenvalue weighted by Crippen LogP contribution is 2.53. The third-order valence-corrected chi connectivity index (χ3v) is 5.56. The average Bonchev–Trinajstić information content (AvgIpc) is 2.88. The highest BCUT2D eigenvalue weighted by Gasteiger charge is 2.48. The van der Waals surface area contributed by atoms with Crippen LogP contribution in [0.3, 0.4) is 0 Å². The molecule has 1 aromatic carbocycles. The number of nitrogens with one attached hydrogen (secondary N) is 1. The Labute approximate surface area is 138 Å². The summed E-state index contributed by atoms with van der Waals surface area (Å²) >= 11 is 0. The molecule has 1 unspecified atom stereocenters. The van der Waals surface area contributed by atoms with Crippen LogP contribution < -0.4 is 5.32 Å². The molecule has 1 aromatic heterocycles. The third kappa shape index (κ3) is 2.68. The van der Waals surface area contributed by atoms with E-state index in [0.717, 1.165) is 25.8 Å². The van der Waals surface area contributed by atoms with Crippen LogP contribution in [0.5, 0.6) is 0 Å². The number of ether oxygens (including phenoxy) is 1. The van der Waals surface area contributed by atoms with E-state index in [4.69, 9.17) is 4.74 Å². The highest BCUT2D eigenvalue weighted by atomic mass is 16.5. The number of fused-ring (bicyclic) bond motifs is 1. The summed E-state index contributed by atoms with van der Waals surface area (Å²) in [5, 5.41) is 3.69. The van der Waals surface area contributed by atoms with E-state index in [9.17, 15) is 0 Å². The first-order valence-electron chi connectivity index (χ1n) is 8.55. The van der Waals surface area contributed by atoms with E-state index in [1.54, 1.807) is 0 Å². The molecule has 0 radical (unpaired) electrons. The fourth-order valence-electron chi connectivity index (χ4n) is 4.63. The van der Waals surface area contributed by atoms with Gasteiger partial charge in [0.25, 0.3) is 0 Å². The Hall–Kier alpha value is -1.71. The number of hydrogen-bond acceptors (Lipinski definition) is 3. The molecule has 4 rings (SSSR count). The molecule has 1 aliphatic heterocycles. The van der Waals surface area contributed by atoms with E-state index in [1.807, 2.05) is 19.4 Å². The monoisotopic (exact) mass is 308 g/mol. The zero-order chi connectivity index (χ0) is 15.7. The molecular weight excluding hydrogens is 284 g/mol. The first-order valence-corrected chi connectivity index (χ1v) is 8.55. The summed E-state index contributed by atoms with van der Waals surface area (Å²) in [6, 6.07) is 15.5. The summed E-state index contributed by atoms with van der Waals surface area (Å²) in [6.07, 6.45) is 6.58. The lowest BCUT2D eigenvalue weighted by atomic mass is 9.71. The summed E-state index contributed by atoms with van der Waals surface area (Å²) in [4.78, 5) is 4.50. The maximum atomic E-state index is 5.99. The molecule has 1 spiro atoms. The second-order valence-corrected chi connectivity index (χ2v) is 6.98. The van der Waals surface area contributed by atoms with Crippen LogP contribution in [0.1, 0.15) is 35.8 Å². The van der Waals surface area contributed by atoms with Gasteiger partial charge in [-0.25, -0.2) is 0 Å². The van der Waals surface area contributed by atoms with Gasteiger partial charge >= 0.3 is 0 Å². The summed E-state index contributed by atoms with van der Waals surface area (Å²) in [7, 11) is 1.87. The van der Waals surface area contributed by atoms with Crippen LogP contribution in [0.25, 0.3) is 0 Å². The van der Waals surface area contributed by atoms with Crippen molar-refractivity contribution in [2.45, 2.75) is 37.8 Å². The first-order chi connectivity index (χ1) is 11.3. The zero-order valence-electron chi connectivity index (χ0n) is 13.7. The minimum Gasteiger partial charge on any atom is -0.376 e. The molecule has 1 aliphatic carbocycles. The second kappa shape index (κ2) is 6.06. The number of pyridine rings is 1. The molecule has 23 heavy (non-hydrogen) atoms. The predicted octanol–water partition coefficient (Wildman–Crippen LogP) is 3.31. The minimum absolute atomic E-state index is 0.229. The number of methoxy groups -OCH3 is 1. The molecule has 3 heteroatoms. The van der Waals surface area contributed by atoms with Crippen molar-refractivity contribution in [1.82, 2.24) is 10.3 Å². The molecule has 0 saturated carbocycles. The van der Waals surface area contributed by atoms with Crippen molar-refractivity contribution in [3.05, 3.63) is 65.5 Å². The molecule has 1 saturated heterocycles. The van der Waals surface area contributed by atoms with Crippen molar-refractivity contribution in [3.63, 3.8) is 0 Å². The molecule has 3 nitrogen and oxygen atoms in total. The van der Waals surface area contributed by atoms with Gasteiger partial charge in [-0.2, -0.15) is 0 Å². The summed E-state index contributed by atoms with van der Waals surface area (Å²) < 4.78 is 5.99. The normalized spacial score (nSPS) is 29.6. The van der Waals surface area contributed by atoms with Crippen LogP contribution in [-0.4, -0.2) is 24.7 Å². The van der Waals surface area contributed by atoms with E-state index in [-0.39, 0.29) is 11.5 Å². The lowest BCUT2D eigenvalue weighted by Crippen LogP contribution is -2.47. The Morgan fingerprint density at radius 3 is 2.91 bits per heavy atom. The van der Waals surface area contributed by atoms with E-state index in [2.05, 4.69) is 46.7 Å². The molecule has 3 atom stereocenters. The molecule has 0 amide bonds. The predicted molar refractivity (Wildman–Crippen MR) is 91.3 cm³/mol. The number of piperidine rings is 1. The SMILES string of the molecule is CO[C@H]1c2ccccc2CC12CCN[C@H](Cc1ccccn1)C2. The quantitative estimate of drug-likeness (QED) is 0.944. The van der Waals surface area contributed by atoms with Gasteiger partial charge in [-0.15, -0.1) is 0 Å². The van der Waals surface area contributed by atoms with Gasteiger partial charge in [-0.1, -0.05) is 30.3 Å². The van der Waals surface area contributed by atoms with E-state index >= 15 is 0 Å². The van der Waals surface area contributed by atoms with Crippen LogP contribution in [0.15, 0.2) is 48.7 Å². The Bertz CT molecular complexity index is 672. The lowest BCUT2D eigenvalue weighted by molar-refractivity contribution is -0.0290. The molecule has 120 valence electrons. The standard InChI is InChI=1S/C20H24N2O/c1-23-19-18-8-3-2-6-15(18)13-20(19)9-11-22-17(14-20)12-16-7-4-5-10-21-16/h2-8,10,17,19,22H,9,11-14H2,1H3/t17-,19+,20?/m1/s1. The fraction of sp³-hybridized carbons (Fsp3) is 0.450. The van der Waals surface area contributed by atoms with Crippen molar-refractivity contribution in [2.75, 3.05) is 13.7 Å². The average molecular weight is 308 g/mol. The minimum atomic E-state index is 0.229. The topological polar surface area (TPSA) is 34.1 Å². The Morgan fingerprint density at radius 2 is 2.09 bits per heavy atom. The van der Waals surface area contributed by atoms with Gasteiger partial charge in [0.05, 0.1) is 6.10 Å². The van der Waals surface area contributed by atoms with Crippen LogP contribution in [0.4, 0.5) is 0 Å². The second-order valence-electron chi connectivity index (χ2n) is 6.98. The van der Waals surface area contributed by atoms with E-state index < -0.39 is 0 Å². The highest BCUT2D eigenvalue weighted by molar-refractivity contribution is 5.37. The van der Waals surface area contributed by atoms with E-state index in [1.165, 1.54) is 23.2 Å². The Morgan fingerprint density at radius 1 is 1.22 bits per heavy atom. The molecular formula is C20H24N2O. The van der Waals surface area contributed by atoms with Crippen LogP contribution in [0.2, 0.25) is 0 Å². The fourth-order valence-corrected chi connectivity index (χ4v) is 4.63. The maximum Gasteiger partial charge on any atom is 0.0884 e. The van der Waals surface area contributed by atoms with Crippen molar-refractivity contribution in [3.8, 4) is 0 Å². The van der Waals surface area contributed by atoms with Gasteiger partial charge in [0.15, 0.2) is 0 Å². The molecule has 2 aliphatic rings. The van der Waals surface area contributed by atoms with Crippen molar-refractivity contribution >= 4 is 0 Å². The number of aromatic nitrogens is 1. The van der Waals surface area contributed by atoms with Crippen LogP contribution in [0, 0.1) is 5.41 Å². The molecule has 2 aromatic rings. The largest absolute Gasteiger partial charge is 0.376 e.